The van der Waals surface area contributed by atoms with Crippen molar-refractivity contribution < 1.29 is 9.53 Å². The van der Waals surface area contributed by atoms with Gasteiger partial charge in [-0.2, -0.15) is 11.8 Å². The highest BCUT2D eigenvalue weighted by Gasteiger charge is 2.17. The van der Waals surface area contributed by atoms with Crippen LogP contribution in [0.4, 0.5) is 0 Å². The molecule has 0 aromatic heterocycles. The van der Waals surface area contributed by atoms with E-state index in [-0.39, 0.29) is 11.6 Å². The van der Waals surface area contributed by atoms with E-state index in [1.165, 1.54) is 0 Å². The van der Waals surface area contributed by atoms with Gasteiger partial charge < -0.3 is 9.64 Å². The van der Waals surface area contributed by atoms with Crippen LogP contribution in [-0.2, 0) is 9.53 Å². The second-order valence-electron chi connectivity index (χ2n) is 5.45. The van der Waals surface area contributed by atoms with Gasteiger partial charge in [-0.15, -0.1) is 0 Å². The van der Waals surface area contributed by atoms with E-state index in [1.807, 2.05) is 32.5 Å². The zero-order chi connectivity index (χ0) is 13.5. The average molecular weight is 261 g/mol. The molecule has 0 aromatic carbocycles. The summed E-state index contributed by atoms with van der Waals surface area (Å²) in [5.41, 5.74) is -0.375. The minimum Gasteiger partial charge on any atom is -0.460 e. The van der Waals surface area contributed by atoms with E-state index in [9.17, 15) is 4.79 Å². The Kier molecular flexibility index (Phi) is 7.88. The van der Waals surface area contributed by atoms with Crippen molar-refractivity contribution >= 4 is 17.7 Å². The van der Waals surface area contributed by atoms with E-state index in [4.69, 9.17) is 4.74 Å². The van der Waals surface area contributed by atoms with Crippen LogP contribution in [0.25, 0.3) is 0 Å². The predicted octanol–water partition coefficient (Wildman–Crippen LogP) is 2.79. The van der Waals surface area contributed by atoms with Crippen LogP contribution in [0.3, 0.4) is 0 Å². The Morgan fingerprint density at radius 3 is 2.47 bits per heavy atom. The van der Waals surface area contributed by atoms with E-state index in [2.05, 4.69) is 25.1 Å². The SMILES string of the molecule is CSCCC(C)N(C)CCC(=O)OC(C)(C)C. The molecule has 0 spiro atoms. The molecule has 0 saturated carbocycles. The third-order valence-corrected chi connectivity index (χ3v) is 3.22. The van der Waals surface area contributed by atoms with Crippen LogP contribution >= 0.6 is 11.8 Å². The van der Waals surface area contributed by atoms with Crippen molar-refractivity contribution in [2.45, 2.75) is 52.2 Å². The van der Waals surface area contributed by atoms with Crippen molar-refractivity contribution in [1.29, 1.82) is 0 Å². The lowest BCUT2D eigenvalue weighted by atomic mass is 10.2. The molecular weight excluding hydrogens is 234 g/mol. The van der Waals surface area contributed by atoms with Crippen LogP contribution in [0.5, 0.6) is 0 Å². The number of nitrogens with zero attached hydrogens (tertiary/aromatic N) is 1. The minimum absolute atomic E-state index is 0.110. The van der Waals surface area contributed by atoms with Gasteiger partial charge >= 0.3 is 5.97 Å². The Morgan fingerprint density at radius 1 is 1.41 bits per heavy atom. The Balaban J connectivity index is 3.83. The molecule has 0 rings (SSSR count). The third-order valence-electron chi connectivity index (χ3n) is 2.58. The topological polar surface area (TPSA) is 29.5 Å². The molecular formula is C13H27NO2S. The molecule has 0 N–H and O–H groups in total. The summed E-state index contributed by atoms with van der Waals surface area (Å²) in [7, 11) is 2.06. The standard InChI is InChI=1S/C13H27NO2S/c1-11(8-10-17-6)14(5)9-7-12(15)16-13(2,3)4/h11H,7-10H2,1-6H3. The molecule has 1 unspecified atom stereocenters. The van der Waals surface area contributed by atoms with Crippen LogP contribution in [-0.4, -0.2) is 48.1 Å². The first-order valence-electron chi connectivity index (χ1n) is 6.17. The van der Waals surface area contributed by atoms with Gasteiger partial charge in [0.2, 0.25) is 0 Å². The Hall–Kier alpha value is -0.220. The Labute approximate surface area is 110 Å². The number of hydrogen-bond acceptors (Lipinski definition) is 4. The van der Waals surface area contributed by atoms with Crippen LogP contribution in [0.1, 0.15) is 40.5 Å². The summed E-state index contributed by atoms with van der Waals surface area (Å²) in [5, 5.41) is 0. The molecule has 0 amide bonds. The molecule has 1 atom stereocenters. The molecule has 0 aliphatic rings. The molecule has 0 radical (unpaired) electrons. The lowest BCUT2D eigenvalue weighted by Crippen LogP contribution is -2.33. The predicted molar refractivity (Wildman–Crippen MR) is 75.6 cm³/mol. The number of thioether (sulfide) groups is 1. The highest BCUT2D eigenvalue weighted by molar-refractivity contribution is 7.98. The van der Waals surface area contributed by atoms with Crippen LogP contribution in [0.2, 0.25) is 0 Å². The highest BCUT2D eigenvalue weighted by atomic mass is 32.2. The molecule has 0 heterocycles. The lowest BCUT2D eigenvalue weighted by molar-refractivity contribution is -0.155. The van der Waals surface area contributed by atoms with Crippen LogP contribution < -0.4 is 0 Å². The molecule has 0 aliphatic carbocycles. The monoisotopic (exact) mass is 261 g/mol. The summed E-state index contributed by atoms with van der Waals surface area (Å²) in [4.78, 5) is 13.8. The molecule has 102 valence electrons. The number of ether oxygens (including phenoxy) is 1. The number of esters is 1. The smallest absolute Gasteiger partial charge is 0.307 e. The number of carbonyl (C=O) groups is 1. The molecule has 0 aromatic rings. The number of rotatable bonds is 7. The summed E-state index contributed by atoms with van der Waals surface area (Å²) >= 11 is 1.86. The fourth-order valence-electron chi connectivity index (χ4n) is 1.39. The molecule has 0 bridgehead atoms. The van der Waals surface area contributed by atoms with E-state index in [1.54, 1.807) is 0 Å². The first-order valence-corrected chi connectivity index (χ1v) is 7.56. The summed E-state index contributed by atoms with van der Waals surface area (Å²) in [6.45, 7) is 8.66. The van der Waals surface area contributed by atoms with Gasteiger partial charge in [0.15, 0.2) is 0 Å². The zero-order valence-corrected chi connectivity index (χ0v) is 12.9. The normalized spacial score (nSPS) is 13.8. The molecule has 17 heavy (non-hydrogen) atoms. The summed E-state index contributed by atoms with van der Waals surface area (Å²) in [5.74, 6) is 1.05. The number of hydrogen-bond donors (Lipinski definition) is 0. The quantitative estimate of drug-likeness (QED) is 0.659. The first kappa shape index (κ1) is 16.8. The van der Waals surface area contributed by atoms with E-state index in [0.29, 0.717) is 12.5 Å². The van der Waals surface area contributed by atoms with Gasteiger partial charge in [0.25, 0.3) is 0 Å². The van der Waals surface area contributed by atoms with Gasteiger partial charge in [0, 0.05) is 12.6 Å². The van der Waals surface area contributed by atoms with Crippen molar-refractivity contribution in [2.75, 3.05) is 25.6 Å². The van der Waals surface area contributed by atoms with Gasteiger partial charge in [0.1, 0.15) is 5.60 Å². The van der Waals surface area contributed by atoms with Gasteiger partial charge in [-0.05, 0) is 53.2 Å². The van der Waals surface area contributed by atoms with Crippen molar-refractivity contribution in [3.63, 3.8) is 0 Å². The van der Waals surface area contributed by atoms with Gasteiger partial charge in [0.05, 0.1) is 6.42 Å². The fourth-order valence-corrected chi connectivity index (χ4v) is 1.97. The average Bonchev–Trinajstić information content (AvgIpc) is 2.20. The molecule has 3 nitrogen and oxygen atoms in total. The molecule has 0 fully saturated rings. The van der Waals surface area contributed by atoms with E-state index < -0.39 is 0 Å². The molecule has 4 heteroatoms. The fraction of sp³-hybridized carbons (Fsp3) is 0.923. The maximum atomic E-state index is 11.5. The summed E-state index contributed by atoms with van der Waals surface area (Å²) < 4.78 is 5.28. The van der Waals surface area contributed by atoms with E-state index >= 15 is 0 Å². The van der Waals surface area contributed by atoms with Crippen LogP contribution in [0.15, 0.2) is 0 Å². The third kappa shape index (κ3) is 9.48. The summed E-state index contributed by atoms with van der Waals surface area (Å²) in [6, 6.07) is 0.518. The van der Waals surface area contributed by atoms with E-state index in [0.717, 1.165) is 18.7 Å². The van der Waals surface area contributed by atoms with Gasteiger partial charge in [-0.1, -0.05) is 0 Å². The second kappa shape index (κ2) is 7.98. The molecule has 0 aliphatic heterocycles. The Morgan fingerprint density at radius 2 is 2.00 bits per heavy atom. The maximum absolute atomic E-state index is 11.5. The highest BCUT2D eigenvalue weighted by Crippen LogP contribution is 2.10. The lowest BCUT2D eigenvalue weighted by Gasteiger charge is -2.25. The van der Waals surface area contributed by atoms with Gasteiger partial charge in [-0.25, -0.2) is 0 Å². The zero-order valence-electron chi connectivity index (χ0n) is 12.1. The van der Waals surface area contributed by atoms with Crippen molar-refractivity contribution in [1.82, 2.24) is 4.90 Å². The number of carbonyl (C=O) groups excluding carboxylic acids is 1. The van der Waals surface area contributed by atoms with Crippen molar-refractivity contribution in [3.8, 4) is 0 Å². The Bertz CT molecular complexity index is 226. The minimum atomic E-state index is -0.375. The maximum Gasteiger partial charge on any atom is 0.307 e. The van der Waals surface area contributed by atoms with Crippen LogP contribution in [0, 0.1) is 0 Å². The molecule has 0 saturated heterocycles. The summed E-state index contributed by atoms with van der Waals surface area (Å²) in [6.07, 6.45) is 3.75. The largest absolute Gasteiger partial charge is 0.460 e. The van der Waals surface area contributed by atoms with Crippen molar-refractivity contribution in [3.05, 3.63) is 0 Å². The second-order valence-corrected chi connectivity index (χ2v) is 6.43. The van der Waals surface area contributed by atoms with Gasteiger partial charge in [-0.3, -0.25) is 4.79 Å². The van der Waals surface area contributed by atoms with Crippen molar-refractivity contribution in [2.24, 2.45) is 0 Å². The first-order chi connectivity index (χ1) is 7.76.